The summed E-state index contributed by atoms with van der Waals surface area (Å²) in [7, 11) is -1.59. The highest BCUT2D eigenvalue weighted by molar-refractivity contribution is 7.90. The van der Waals surface area contributed by atoms with Crippen LogP contribution in [-0.2, 0) is 10.0 Å². The number of amidine groups is 1. The predicted molar refractivity (Wildman–Crippen MR) is 69.2 cm³/mol. The van der Waals surface area contributed by atoms with Crippen molar-refractivity contribution in [2.75, 3.05) is 20.1 Å². The molecule has 0 radical (unpaired) electrons. The van der Waals surface area contributed by atoms with Crippen molar-refractivity contribution in [2.24, 2.45) is 4.40 Å². The van der Waals surface area contributed by atoms with Crippen LogP contribution in [0.15, 0.2) is 33.6 Å². The van der Waals surface area contributed by atoms with Gasteiger partial charge in [-0.3, -0.25) is 0 Å². The van der Waals surface area contributed by atoms with E-state index in [1.54, 1.807) is 12.1 Å². The number of rotatable bonds is 1. The highest BCUT2D eigenvalue weighted by Gasteiger charge is 2.33. The van der Waals surface area contributed by atoms with E-state index in [4.69, 9.17) is 0 Å². The third kappa shape index (κ3) is 1.72. The number of fused-ring (bicyclic) bond motifs is 1. The van der Waals surface area contributed by atoms with Crippen molar-refractivity contribution in [3.05, 3.63) is 29.8 Å². The zero-order chi connectivity index (χ0) is 12.8. The number of likely N-dealkylation sites (N-methyl/N-ethyl adjacent to an activating group) is 1. The molecule has 0 unspecified atom stereocenters. The van der Waals surface area contributed by atoms with E-state index in [1.165, 1.54) is 0 Å². The molecule has 1 N–H and O–H groups in total. The van der Waals surface area contributed by atoms with Gasteiger partial charge in [0.25, 0.3) is 10.0 Å². The Hall–Kier alpha value is -1.40. The van der Waals surface area contributed by atoms with Crippen LogP contribution in [0.25, 0.3) is 0 Å². The zero-order valence-corrected chi connectivity index (χ0v) is 10.9. The molecule has 1 aromatic carbocycles. The van der Waals surface area contributed by atoms with Crippen LogP contribution in [0.1, 0.15) is 12.0 Å². The zero-order valence-electron chi connectivity index (χ0n) is 10.1. The van der Waals surface area contributed by atoms with Crippen LogP contribution < -0.4 is 5.32 Å². The third-order valence-corrected chi connectivity index (χ3v) is 4.85. The van der Waals surface area contributed by atoms with E-state index in [1.807, 2.05) is 24.1 Å². The largest absolute Gasteiger partial charge is 0.354 e. The number of sulfonamides is 1. The fourth-order valence-electron chi connectivity index (χ4n) is 2.49. The van der Waals surface area contributed by atoms with E-state index in [0.717, 1.165) is 19.5 Å². The Balaban J connectivity index is 2.03. The Morgan fingerprint density at radius 3 is 2.89 bits per heavy atom. The highest BCUT2D eigenvalue weighted by Crippen LogP contribution is 2.28. The summed E-state index contributed by atoms with van der Waals surface area (Å²) in [5.74, 6) is 0.569. The molecular weight excluding hydrogens is 250 g/mol. The smallest absolute Gasteiger partial charge is 0.285 e. The van der Waals surface area contributed by atoms with Crippen molar-refractivity contribution in [2.45, 2.75) is 17.4 Å². The molecule has 1 fully saturated rings. The molecule has 0 aliphatic carbocycles. The summed E-state index contributed by atoms with van der Waals surface area (Å²) in [4.78, 5) is 2.29. The van der Waals surface area contributed by atoms with E-state index >= 15 is 0 Å². The van der Waals surface area contributed by atoms with Crippen molar-refractivity contribution < 1.29 is 8.42 Å². The van der Waals surface area contributed by atoms with Crippen LogP contribution in [0, 0.1) is 0 Å². The van der Waals surface area contributed by atoms with Gasteiger partial charge in [-0.15, -0.1) is 4.40 Å². The molecule has 1 atom stereocenters. The van der Waals surface area contributed by atoms with Gasteiger partial charge in [-0.1, -0.05) is 12.1 Å². The maximum Gasteiger partial charge on any atom is 0.285 e. The van der Waals surface area contributed by atoms with Crippen LogP contribution in [0.4, 0.5) is 0 Å². The Kier molecular flexibility index (Phi) is 2.64. The monoisotopic (exact) mass is 265 g/mol. The predicted octanol–water partition coefficient (Wildman–Crippen LogP) is 0.429. The molecule has 96 valence electrons. The van der Waals surface area contributed by atoms with Gasteiger partial charge in [0, 0.05) is 25.2 Å². The van der Waals surface area contributed by atoms with Gasteiger partial charge in [-0.2, -0.15) is 8.42 Å². The lowest BCUT2D eigenvalue weighted by atomic mass is 10.1. The van der Waals surface area contributed by atoms with Crippen molar-refractivity contribution >= 4 is 15.9 Å². The summed E-state index contributed by atoms with van der Waals surface area (Å²) in [6.45, 7) is 1.84. The molecule has 5 nitrogen and oxygen atoms in total. The molecule has 18 heavy (non-hydrogen) atoms. The molecule has 2 heterocycles. The lowest BCUT2D eigenvalue weighted by molar-refractivity contribution is 0.390. The number of nitrogens with zero attached hydrogens (tertiary/aromatic N) is 2. The maximum atomic E-state index is 12.0. The van der Waals surface area contributed by atoms with Crippen LogP contribution in [0.3, 0.4) is 0 Å². The van der Waals surface area contributed by atoms with Crippen LogP contribution >= 0.6 is 0 Å². The van der Waals surface area contributed by atoms with Crippen LogP contribution in [0.2, 0.25) is 0 Å². The Morgan fingerprint density at radius 1 is 1.39 bits per heavy atom. The van der Waals surface area contributed by atoms with E-state index in [2.05, 4.69) is 9.71 Å². The minimum Gasteiger partial charge on any atom is -0.354 e. The molecule has 0 aromatic heterocycles. The minimum absolute atomic E-state index is 0.310. The van der Waals surface area contributed by atoms with Crippen molar-refractivity contribution in [1.82, 2.24) is 10.2 Å². The first-order valence-corrected chi connectivity index (χ1v) is 7.41. The molecule has 3 rings (SSSR count). The molecule has 6 heteroatoms. The molecule has 0 bridgehead atoms. The topological polar surface area (TPSA) is 61.8 Å². The van der Waals surface area contributed by atoms with Crippen molar-refractivity contribution in [3.8, 4) is 0 Å². The summed E-state index contributed by atoms with van der Waals surface area (Å²) in [5, 5.41) is 3.28. The third-order valence-electron chi connectivity index (χ3n) is 3.53. The quantitative estimate of drug-likeness (QED) is 0.800. The number of hydrogen-bond acceptors (Lipinski definition) is 4. The molecular formula is C12H15N3O2S. The molecule has 2 aliphatic rings. The lowest BCUT2D eigenvalue weighted by Gasteiger charge is -2.25. The molecule has 0 amide bonds. The van der Waals surface area contributed by atoms with Gasteiger partial charge in [0.05, 0.1) is 0 Å². The summed E-state index contributed by atoms with van der Waals surface area (Å²) >= 11 is 0. The fraction of sp³-hybridized carbons (Fsp3) is 0.417. The SMILES string of the molecule is CN(C1=NS(=O)(=O)c2ccccc21)[C@H]1CCNC1. The average Bonchev–Trinajstić information content (AvgIpc) is 2.96. The van der Waals surface area contributed by atoms with Gasteiger partial charge in [0.15, 0.2) is 5.84 Å². The molecule has 2 aliphatic heterocycles. The van der Waals surface area contributed by atoms with Crippen molar-refractivity contribution in [3.63, 3.8) is 0 Å². The van der Waals surface area contributed by atoms with Gasteiger partial charge in [-0.05, 0) is 25.1 Å². The first-order chi connectivity index (χ1) is 8.59. The normalized spacial score (nSPS) is 24.7. The second-order valence-electron chi connectivity index (χ2n) is 4.64. The summed E-state index contributed by atoms with van der Waals surface area (Å²) in [6, 6.07) is 7.31. The van der Waals surface area contributed by atoms with Crippen LogP contribution in [-0.4, -0.2) is 45.3 Å². The van der Waals surface area contributed by atoms with Gasteiger partial charge in [-0.25, -0.2) is 0 Å². The van der Waals surface area contributed by atoms with E-state index in [-0.39, 0.29) is 0 Å². The second kappa shape index (κ2) is 4.07. The Morgan fingerprint density at radius 2 is 2.17 bits per heavy atom. The molecule has 0 spiro atoms. The first-order valence-electron chi connectivity index (χ1n) is 5.97. The van der Waals surface area contributed by atoms with Gasteiger partial charge < -0.3 is 10.2 Å². The summed E-state index contributed by atoms with van der Waals surface area (Å²) in [6.07, 6.45) is 1.01. The lowest BCUT2D eigenvalue weighted by Crippen LogP contribution is -2.38. The molecule has 1 saturated heterocycles. The Labute approximate surface area is 107 Å². The summed E-state index contributed by atoms with van der Waals surface area (Å²) in [5.41, 5.74) is 0.715. The average molecular weight is 265 g/mol. The second-order valence-corrected chi connectivity index (χ2v) is 6.22. The van der Waals surface area contributed by atoms with Gasteiger partial charge in [0.1, 0.15) is 4.90 Å². The Bertz CT molecular complexity index is 604. The van der Waals surface area contributed by atoms with E-state index in [0.29, 0.717) is 22.3 Å². The maximum absolute atomic E-state index is 12.0. The number of benzene rings is 1. The number of hydrogen-bond donors (Lipinski definition) is 1. The molecule has 0 saturated carbocycles. The van der Waals surface area contributed by atoms with Crippen LogP contribution in [0.5, 0.6) is 0 Å². The van der Waals surface area contributed by atoms with Gasteiger partial charge in [0.2, 0.25) is 0 Å². The fourth-order valence-corrected chi connectivity index (χ4v) is 3.73. The standard InChI is InChI=1S/C12H15N3O2S/c1-15(9-6-7-13-8-9)12-10-4-2-3-5-11(10)18(16,17)14-12/h2-5,9,13H,6-8H2,1H3/t9-/m0/s1. The van der Waals surface area contributed by atoms with E-state index in [9.17, 15) is 8.42 Å². The summed E-state index contributed by atoms with van der Waals surface area (Å²) < 4.78 is 27.8. The minimum atomic E-state index is -3.50. The number of nitrogens with one attached hydrogen (secondary N) is 1. The highest BCUT2D eigenvalue weighted by atomic mass is 32.2. The first kappa shape index (κ1) is 11.7. The van der Waals surface area contributed by atoms with Gasteiger partial charge >= 0.3 is 0 Å². The van der Waals surface area contributed by atoms with E-state index < -0.39 is 10.0 Å². The van der Waals surface area contributed by atoms with Crippen molar-refractivity contribution in [1.29, 1.82) is 0 Å². The molecule has 1 aromatic rings.